The SMILES string of the molecule is C=C(C)C(=O)OCC[N+](C)(C)CCOP(=O)([O-])OC(C)C. The minimum Gasteiger partial charge on any atom is -0.756 e. The fourth-order valence-corrected chi connectivity index (χ4v) is 2.19. The van der Waals surface area contributed by atoms with Gasteiger partial charge in [0.1, 0.15) is 26.3 Å². The first-order valence-corrected chi connectivity index (χ1v) is 8.20. The summed E-state index contributed by atoms with van der Waals surface area (Å²) in [6, 6.07) is 0. The third-order valence-electron chi connectivity index (χ3n) is 2.56. The molecule has 0 saturated heterocycles. The van der Waals surface area contributed by atoms with Crippen LogP contribution in [0.3, 0.4) is 0 Å². The Balaban J connectivity index is 4.05. The lowest BCUT2D eigenvalue weighted by molar-refractivity contribution is -0.890. The molecule has 0 heterocycles. The molecule has 0 aromatic rings. The molecule has 0 rings (SSSR count). The molecule has 1 unspecified atom stereocenters. The van der Waals surface area contributed by atoms with Crippen LogP contribution < -0.4 is 4.89 Å². The zero-order chi connectivity index (χ0) is 16.7. The number of rotatable bonds is 10. The van der Waals surface area contributed by atoms with E-state index in [1.807, 2.05) is 14.1 Å². The molecule has 0 N–H and O–H groups in total. The van der Waals surface area contributed by atoms with E-state index in [9.17, 15) is 14.3 Å². The van der Waals surface area contributed by atoms with E-state index in [1.165, 1.54) is 0 Å². The maximum atomic E-state index is 11.4. The molecule has 0 aliphatic carbocycles. The van der Waals surface area contributed by atoms with E-state index < -0.39 is 19.9 Å². The van der Waals surface area contributed by atoms with Crippen molar-refractivity contribution >= 4 is 13.8 Å². The van der Waals surface area contributed by atoms with Crippen LogP contribution in [0.4, 0.5) is 0 Å². The zero-order valence-electron chi connectivity index (χ0n) is 13.5. The molecule has 0 fully saturated rings. The van der Waals surface area contributed by atoms with Gasteiger partial charge in [0.2, 0.25) is 0 Å². The molecule has 0 aliphatic rings. The summed E-state index contributed by atoms with van der Waals surface area (Å²) in [5, 5.41) is 0. The molecule has 0 spiro atoms. The van der Waals surface area contributed by atoms with Gasteiger partial charge in [-0.15, -0.1) is 0 Å². The van der Waals surface area contributed by atoms with E-state index in [-0.39, 0.29) is 13.2 Å². The van der Waals surface area contributed by atoms with Crippen molar-refractivity contribution in [3.05, 3.63) is 12.2 Å². The number of hydrogen-bond donors (Lipinski definition) is 0. The first-order valence-electron chi connectivity index (χ1n) is 6.74. The Bertz CT molecular complexity index is 407. The molecule has 21 heavy (non-hydrogen) atoms. The Morgan fingerprint density at radius 2 is 1.81 bits per heavy atom. The van der Waals surface area contributed by atoms with Crippen LogP contribution in [0.15, 0.2) is 12.2 Å². The summed E-state index contributed by atoms with van der Waals surface area (Å²) in [4.78, 5) is 22.6. The van der Waals surface area contributed by atoms with Gasteiger partial charge in [0.25, 0.3) is 7.82 Å². The molecule has 0 amide bonds. The number of quaternary nitrogens is 1. The van der Waals surface area contributed by atoms with Crippen LogP contribution in [-0.2, 0) is 23.1 Å². The summed E-state index contributed by atoms with van der Waals surface area (Å²) in [6.07, 6.45) is -0.447. The van der Waals surface area contributed by atoms with Crippen LogP contribution in [0.25, 0.3) is 0 Å². The summed E-state index contributed by atoms with van der Waals surface area (Å²) in [5.74, 6) is -0.430. The molecule has 0 bridgehead atoms. The Kier molecular flexibility index (Phi) is 8.36. The van der Waals surface area contributed by atoms with Gasteiger partial charge in [-0.3, -0.25) is 4.57 Å². The highest BCUT2D eigenvalue weighted by molar-refractivity contribution is 7.45. The lowest BCUT2D eigenvalue weighted by Crippen LogP contribution is -2.45. The van der Waals surface area contributed by atoms with E-state index >= 15 is 0 Å². The predicted octanol–water partition coefficient (Wildman–Crippen LogP) is 1.09. The molecule has 0 saturated carbocycles. The van der Waals surface area contributed by atoms with Crippen molar-refractivity contribution in [3.8, 4) is 0 Å². The van der Waals surface area contributed by atoms with Gasteiger partial charge in [-0.1, -0.05) is 6.58 Å². The predicted molar refractivity (Wildman–Crippen MR) is 77.4 cm³/mol. The van der Waals surface area contributed by atoms with Crippen molar-refractivity contribution in [2.24, 2.45) is 0 Å². The lowest BCUT2D eigenvalue weighted by Gasteiger charge is -2.31. The molecular weight excluding hydrogens is 297 g/mol. The van der Waals surface area contributed by atoms with Crippen molar-refractivity contribution in [2.45, 2.75) is 26.9 Å². The summed E-state index contributed by atoms with van der Waals surface area (Å²) in [5.41, 5.74) is 0.349. The van der Waals surface area contributed by atoms with E-state index in [0.29, 0.717) is 23.1 Å². The Labute approximate surface area is 126 Å². The molecule has 0 aromatic heterocycles. The van der Waals surface area contributed by atoms with E-state index in [1.54, 1.807) is 20.8 Å². The van der Waals surface area contributed by atoms with Gasteiger partial charge in [-0.25, -0.2) is 4.79 Å². The molecule has 8 heteroatoms. The average molecular weight is 323 g/mol. The second-order valence-electron chi connectivity index (χ2n) is 5.73. The minimum atomic E-state index is -4.25. The molecule has 0 radical (unpaired) electrons. The highest BCUT2D eigenvalue weighted by Crippen LogP contribution is 2.39. The number of likely N-dealkylation sites (N-methyl/N-ethyl adjacent to an activating group) is 1. The van der Waals surface area contributed by atoms with Gasteiger partial charge in [-0.05, 0) is 20.8 Å². The molecule has 1 atom stereocenters. The number of esters is 1. The summed E-state index contributed by atoms with van der Waals surface area (Å²) in [7, 11) is -0.474. The topological polar surface area (TPSA) is 84.9 Å². The van der Waals surface area contributed by atoms with Gasteiger partial charge in [0.05, 0.1) is 20.2 Å². The highest BCUT2D eigenvalue weighted by Gasteiger charge is 2.19. The van der Waals surface area contributed by atoms with Gasteiger partial charge in [0, 0.05) is 5.57 Å². The fraction of sp³-hybridized carbons (Fsp3) is 0.769. The zero-order valence-corrected chi connectivity index (χ0v) is 14.4. The molecular formula is C13H26NO6P. The van der Waals surface area contributed by atoms with Gasteiger partial charge < -0.3 is 23.2 Å². The summed E-state index contributed by atoms with van der Waals surface area (Å²) in [6.45, 7) is 9.52. The number of nitrogens with zero attached hydrogens (tertiary/aromatic N) is 1. The van der Waals surface area contributed by atoms with Crippen molar-refractivity contribution in [2.75, 3.05) is 40.4 Å². The number of phosphoric ester groups is 1. The monoisotopic (exact) mass is 323 g/mol. The number of carbonyl (C=O) groups is 1. The standard InChI is InChI=1S/C13H26NO6P/c1-11(2)13(15)18-9-7-14(5,6)8-10-19-21(16,17)20-12(3)4/h12H,1,7-10H2,2-6H3. The van der Waals surface area contributed by atoms with Crippen LogP contribution in [0.1, 0.15) is 20.8 Å². The van der Waals surface area contributed by atoms with Crippen LogP contribution in [-0.4, -0.2) is 57.0 Å². The molecule has 0 aliphatic heterocycles. The largest absolute Gasteiger partial charge is 0.756 e. The van der Waals surface area contributed by atoms with E-state index in [2.05, 4.69) is 11.1 Å². The van der Waals surface area contributed by atoms with Crippen LogP contribution in [0, 0.1) is 0 Å². The van der Waals surface area contributed by atoms with Gasteiger partial charge in [0.15, 0.2) is 0 Å². The quantitative estimate of drug-likeness (QED) is 0.259. The highest BCUT2D eigenvalue weighted by atomic mass is 31.2. The third kappa shape index (κ3) is 10.6. The van der Waals surface area contributed by atoms with Gasteiger partial charge in [-0.2, -0.15) is 0 Å². The Hall–Kier alpha value is -0.720. The van der Waals surface area contributed by atoms with Crippen LogP contribution >= 0.6 is 7.82 Å². The minimum absolute atomic E-state index is 0.00886. The Morgan fingerprint density at radius 1 is 1.29 bits per heavy atom. The van der Waals surface area contributed by atoms with Crippen molar-refractivity contribution < 1.29 is 32.5 Å². The fourth-order valence-electron chi connectivity index (χ4n) is 1.31. The summed E-state index contributed by atoms with van der Waals surface area (Å²) < 4.78 is 26.3. The number of hydrogen-bond acceptors (Lipinski definition) is 6. The maximum Gasteiger partial charge on any atom is 0.333 e. The number of carbonyl (C=O) groups excluding carboxylic acids is 1. The first kappa shape index (κ1) is 20.3. The van der Waals surface area contributed by atoms with Crippen molar-refractivity contribution in [3.63, 3.8) is 0 Å². The normalized spacial score (nSPS) is 14.8. The smallest absolute Gasteiger partial charge is 0.333 e. The van der Waals surface area contributed by atoms with Crippen LogP contribution in [0.2, 0.25) is 0 Å². The second kappa shape index (κ2) is 8.66. The maximum absolute atomic E-state index is 11.4. The third-order valence-corrected chi connectivity index (χ3v) is 3.74. The number of ether oxygens (including phenoxy) is 1. The lowest BCUT2D eigenvalue weighted by atomic mass is 10.4. The van der Waals surface area contributed by atoms with E-state index in [4.69, 9.17) is 9.26 Å². The van der Waals surface area contributed by atoms with Crippen molar-refractivity contribution in [1.29, 1.82) is 0 Å². The Morgan fingerprint density at radius 3 is 2.29 bits per heavy atom. The van der Waals surface area contributed by atoms with Crippen molar-refractivity contribution in [1.82, 2.24) is 0 Å². The molecule has 7 nitrogen and oxygen atoms in total. The van der Waals surface area contributed by atoms with E-state index in [0.717, 1.165) is 0 Å². The molecule has 124 valence electrons. The van der Waals surface area contributed by atoms with Crippen LogP contribution in [0.5, 0.6) is 0 Å². The summed E-state index contributed by atoms with van der Waals surface area (Å²) >= 11 is 0. The van der Waals surface area contributed by atoms with Gasteiger partial charge >= 0.3 is 5.97 Å². The number of phosphoric acid groups is 1. The molecule has 0 aromatic carbocycles. The second-order valence-corrected chi connectivity index (χ2v) is 7.10. The average Bonchev–Trinajstić information content (AvgIpc) is 2.25. The first-order chi connectivity index (χ1) is 9.45.